The molecule has 1 aromatic heterocycles. The first kappa shape index (κ1) is 13.0. The van der Waals surface area contributed by atoms with Gasteiger partial charge in [-0.25, -0.2) is 9.37 Å². The Morgan fingerprint density at radius 3 is 2.55 bits per heavy atom. The van der Waals surface area contributed by atoms with Crippen LogP contribution in [0.2, 0.25) is 5.02 Å². The van der Waals surface area contributed by atoms with Crippen molar-refractivity contribution >= 4 is 17.3 Å². The van der Waals surface area contributed by atoms with Gasteiger partial charge in [0.2, 0.25) is 5.67 Å². The standard InChI is InChI=1S/C16H12ClFN2/c17-13-4-6-15(7-5-13)20-11-16(18,12-20)9-8-14-3-1-2-10-19-14/h1-7,10H,11-12H2. The van der Waals surface area contributed by atoms with E-state index in [1.54, 1.807) is 24.4 Å². The zero-order chi connectivity index (χ0) is 14.0. The van der Waals surface area contributed by atoms with Crippen LogP contribution in [0.15, 0.2) is 48.7 Å². The van der Waals surface area contributed by atoms with Crippen molar-refractivity contribution in [3.8, 4) is 11.8 Å². The highest BCUT2D eigenvalue weighted by molar-refractivity contribution is 6.30. The largest absolute Gasteiger partial charge is 0.363 e. The average molecular weight is 287 g/mol. The molecule has 0 bridgehead atoms. The zero-order valence-corrected chi connectivity index (χ0v) is 11.4. The highest BCUT2D eigenvalue weighted by Crippen LogP contribution is 2.30. The van der Waals surface area contributed by atoms with Crippen molar-refractivity contribution in [2.24, 2.45) is 0 Å². The number of anilines is 1. The highest BCUT2D eigenvalue weighted by Gasteiger charge is 2.42. The Morgan fingerprint density at radius 2 is 1.90 bits per heavy atom. The Morgan fingerprint density at radius 1 is 1.15 bits per heavy atom. The van der Waals surface area contributed by atoms with Crippen molar-refractivity contribution in [1.29, 1.82) is 0 Å². The van der Waals surface area contributed by atoms with Crippen molar-refractivity contribution in [2.45, 2.75) is 5.67 Å². The van der Waals surface area contributed by atoms with E-state index in [1.165, 1.54) is 0 Å². The van der Waals surface area contributed by atoms with E-state index < -0.39 is 5.67 Å². The van der Waals surface area contributed by atoms with Gasteiger partial charge in [0.1, 0.15) is 5.69 Å². The monoisotopic (exact) mass is 286 g/mol. The van der Waals surface area contributed by atoms with Crippen molar-refractivity contribution in [3.63, 3.8) is 0 Å². The normalized spacial score (nSPS) is 16.0. The number of halogens is 2. The Hall–Kier alpha value is -2.05. The van der Waals surface area contributed by atoms with Crippen LogP contribution in [0.5, 0.6) is 0 Å². The molecule has 0 N–H and O–H groups in total. The number of rotatable bonds is 1. The molecule has 0 unspecified atom stereocenters. The van der Waals surface area contributed by atoms with Gasteiger partial charge in [0, 0.05) is 16.9 Å². The highest BCUT2D eigenvalue weighted by atomic mass is 35.5. The van der Waals surface area contributed by atoms with Crippen LogP contribution in [0.4, 0.5) is 10.1 Å². The fourth-order valence-corrected chi connectivity index (χ4v) is 2.21. The van der Waals surface area contributed by atoms with E-state index in [4.69, 9.17) is 11.6 Å². The third-order valence-electron chi connectivity index (χ3n) is 3.15. The molecular weight excluding hydrogens is 275 g/mol. The second-order valence-electron chi connectivity index (χ2n) is 4.76. The third kappa shape index (κ3) is 2.76. The van der Waals surface area contributed by atoms with E-state index in [1.807, 2.05) is 29.2 Å². The molecule has 1 saturated heterocycles. The summed E-state index contributed by atoms with van der Waals surface area (Å²) in [5, 5.41) is 0.677. The molecule has 1 aliphatic rings. The molecule has 0 radical (unpaired) electrons. The Balaban J connectivity index is 1.67. The predicted molar refractivity (Wildman–Crippen MR) is 78.6 cm³/mol. The molecule has 2 nitrogen and oxygen atoms in total. The summed E-state index contributed by atoms with van der Waals surface area (Å²) in [6.07, 6.45) is 1.65. The van der Waals surface area contributed by atoms with Gasteiger partial charge in [0.15, 0.2) is 0 Å². The number of hydrogen-bond donors (Lipinski definition) is 0. The second-order valence-corrected chi connectivity index (χ2v) is 5.20. The summed E-state index contributed by atoms with van der Waals surface area (Å²) in [5.41, 5.74) is 0.0914. The molecule has 2 aromatic rings. The lowest BCUT2D eigenvalue weighted by molar-refractivity contribution is 0.192. The van der Waals surface area contributed by atoms with Gasteiger partial charge in [-0.1, -0.05) is 23.6 Å². The van der Waals surface area contributed by atoms with Crippen LogP contribution in [0, 0.1) is 11.8 Å². The lowest BCUT2D eigenvalue weighted by Gasteiger charge is -2.42. The molecule has 1 aromatic carbocycles. The van der Waals surface area contributed by atoms with Crippen LogP contribution in [-0.4, -0.2) is 23.7 Å². The molecule has 4 heteroatoms. The van der Waals surface area contributed by atoms with Gasteiger partial charge in [-0.05, 0) is 42.3 Å². The first-order chi connectivity index (χ1) is 9.65. The molecule has 20 heavy (non-hydrogen) atoms. The van der Waals surface area contributed by atoms with Crippen LogP contribution in [0.3, 0.4) is 0 Å². The summed E-state index contributed by atoms with van der Waals surface area (Å²) in [6.45, 7) is 0.545. The minimum atomic E-state index is -1.46. The quantitative estimate of drug-likeness (QED) is 0.748. The van der Waals surface area contributed by atoms with Gasteiger partial charge < -0.3 is 4.90 Å². The smallest absolute Gasteiger partial charge is 0.205 e. The van der Waals surface area contributed by atoms with E-state index in [0.29, 0.717) is 10.7 Å². The molecular formula is C16H12ClFN2. The van der Waals surface area contributed by atoms with Gasteiger partial charge in [-0.2, -0.15) is 0 Å². The van der Waals surface area contributed by atoms with Crippen molar-refractivity contribution < 1.29 is 4.39 Å². The SMILES string of the molecule is FC1(C#Cc2ccccn2)CN(c2ccc(Cl)cc2)C1. The zero-order valence-electron chi connectivity index (χ0n) is 10.7. The van der Waals surface area contributed by atoms with Crippen LogP contribution >= 0.6 is 11.6 Å². The maximum atomic E-state index is 14.3. The van der Waals surface area contributed by atoms with Gasteiger partial charge in [-0.3, -0.25) is 0 Å². The number of aromatic nitrogens is 1. The van der Waals surface area contributed by atoms with Crippen LogP contribution < -0.4 is 4.90 Å². The fraction of sp³-hybridized carbons (Fsp3) is 0.188. The molecule has 100 valence electrons. The molecule has 2 heterocycles. The molecule has 3 rings (SSSR count). The van der Waals surface area contributed by atoms with Crippen molar-refractivity contribution in [1.82, 2.24) is 4.98 Å². The first-order valence-corrected chi connectivity index (χ1v) is 6.66. The Kier molecular flexibility index (Phi) is 3.33. The number of benzene rings is 1. The molecule has 1 fully saturated rings. The first-order valence-electron chi connectivity index (χ1n) is 6.28. The molecule has 0 atom stereocenters. The van der Waals surface area contributed by atoms with Crippen LogP contribution in [-0.2, 0) is 0 Å². The number of nitrogens with zero attached hydrogens (tertiary/aromatic N) is 2. The minimum Gasteiger partial charge on any atom is -0.363 e. The molecule has 1 aliphatic heterocycles. The molecule has 0 amide bonds. The van der Waals surface area contributed by atoms with E-state index in [9.17, 15) is 4.39 Å². The topological polar surface area (TPSA) is 16.1 Å². The number of alkyl halides is 1. The summed E-state index contributed by atoms with van der Waals surface area (Å²) in [5.74, 6) is 5.46. The molecule has 0 saturated carbocycles. The predicted octanol–water partition coefficient (Wildman–Crippen LogP) is 3.32. The average Bonchev–Trinajstić information content (AvgIpc) is 2.44. The lowest BCUT2D eigenvalue weighted by Crippen LogP contribution is -2.58. The number of hydrogen-bond acceptors (Lipinski definition) is 2. The number of pyridine rings is 1. The third-order valence-corrected chi connectivity index (χ3v) is 3.41. The minimum absolute atomic E-state index is 0.272. The van der Waals surface area contributed by atoms with E-state index in [-0.39, 0.29) is 13.1 Å². The summed E-state index contributed by atoms with van der Waals surface area (Å²) in [6, 6.07) is 12.8. The van der Waals surface area contributed by atoms with Crippen molar-refractivity contribution in [2.75, 3.05) is 18.0 Å². The molecule has 0 aliphatic carbocycles. The van der Waals surface area contributed by atoms with Gasteiger partial charge in [-0.15, -0.1) is 0 Å². The van der Waals surface area contributed by atoms with E-state index in [2.05, 4.69) is 16.8 Å². The van der Waals surface area contributed by atoms with E-state index >= 15 is 0 Å². The summed E-state index contributed by atoms with van der Waals surface area (Å²) in [7, 11) is 0. The maximum absolute atomic E-state index is 14.3. The van der Waals surface area contributed by atoms with Gasteiger partial charge in [0.25, 0.3) is 0 Å². The summed E-state index contributed by atoms with van der Waals surface area (Å²) in [4.78, 5) is 5.99. The molecule has 0 spiro atoms. The lowest BCUT2D eigenvalue weighted by atomic mass is 9.96. The second kappa shape index (κ2) is 5.15. The summed E-state index contributed by atoms with van der Waals surface area (Å²) >= 11 is 5.83. The fourth-order valence-electron chi connectivity index (χ4n) is 2.09. The Labute approximate surface area is 122 Å². The maximum Gasteiger partial charge on any atom is 0.205 e. The Bertz CT molecular complexity index is 652. The summed E-state index contributed by atoms with van der Waals surface area (Å²) < 4.78 is 14.3. The van der Waals surface area contributed by atoms with Gasteiger partial charge in [0.05, 0.1) is 13.1 Å². The van der Waals surface area contributed by atoms with Crippen molar-refractivity contribution in [3.05, 3.63) is 59.4 Å². The van der Waals surface area contributed by atoms with Gasteiger partial charge >= 0.3 is 0 Å². The van der Waals surface area contributed by atoms with E-state index in [0.717, 1.165) is 5.69 Å². The van der Waals surface area contributed by atoms with Crippen LogP contribution in [0.1, 0.15) is 5.69 Å². The van der Waals surface area contributed by atoms with Crippen LogP contribution in [0.25, 0.3) is 0 Å².